The van der Waals surface area contributed by atoms with Gasteiger partial charge in [0, 0.05) is 11.1 Å². The number of esters is 1. The summed E-state index contributed by atoms with van der Waals surface area (Å²) in [6.45, 7) is 0. The molecule has 3 aromatic rings. The third-order valence-corrected chi connectivity index (χ3v) is 4.24. The largest absolute Gasteiger partial charge is 0.497 e. The van der Waals surface area contributed by atoms with Crippen LogP contribution in [0.1, 0.15) is 26.3 Å². The molecule has 0 bridgehead atoms. The Morgan fingerprint density at radius 2 is 1.28 bits per heavy atom. The van der Waals surface area contributed by atoms with E-state index < -0.39 is 5.97 Å². The van der Waals surface area contributed by atoms with E-state index in [1.54, 1.807) is 87.0 Å². The Labute approximate surface area is 169 Å². The molecular formula is C24H20O5. The zero-order valence-electron chi connectivity index (χ0n) is 16.1. The average molecular weight is 388 g/mol. The lowest BCUT2D eigenvalue weighted by Crippen LogP contribution is -2.09. The van der Waals surface area contributed by atoms with Gasteiger partial charge in [-0.05, 0) is 66.7 Å². The summed E-state index contributed by atoms with van der Waals surface area (Å²) in [6.07, 6.45) is 3.07. The van der Waals surface area contributed by atoms with Gasteiger partial charge in [0.05, 0.1) is 19.8 Å². The SMILES string of the molecule is COc1ccc(C(=O)/C=C/c2ccccc2OC(=O)c2ccc(OC)cc2)cc1. The molecule has 0 spiro atoms. The van der Waals surface area contributed by atoms with E-state index in [0.29, 0.717) is 33.9 Å². The summed E-state index contributed by atoms with van der Waals surface area (Å²) in [7, 11) is 3.13. The van der Waals surface area contributed by atoms with Crippen LogP contribution in [-0.4, -0.2) is 26.0 Å². The smallest absolute Gasteiger partial charge is 0.343 e. The van der Waals surface area contributed by atoms with Crippen LogP contribution in [0.3, 0.4) is 0 Å². The van der Waals surface area contributed by atoms with E-state index in [9.17, 15) is 9.59 Å². The lowest BCUT2D eigenvalue weighted by atomic mass is 10.1. The fourth-order valence-electron chi connectivity index (χ4n) is 2.61. The van der Waals surface area contributed by atoms with Gasteiger partial charge in [0.1, 0.15) is 17.2 Å². The molecule has 5 nitrogen and oxygen atoms in total. The van der Waals surface area contributed by atoms with Crippen molar-refractivity contribution >= 4 is 17.8 Å². The Morgan fingerprint density at radius 3 is 1.86 bits per heavy atom. The van der Waals surface area contributed by atoms with Crippen LogP contribution in [0, 0.1) is 0 Å². The molecule has 0 atom stereocenters. The van der Waals surface area contributed by atoms with Gasteiger partial charge < -0.3 is 14.2 Å². The molecule has 29 heavy (non-hydrogen) atoms. The second-order valence-corrected chi connectivity index (χ2v) is 6.08. The maximum atomic E-state index is 12.4. The number of ether oxygens (including phenoxy) is 3. The number of hydrogen-bond donors (Lipinski definition) is 0. The van der Waals surface area contributed by atoms with E-state index in [2.05, 4.69) is 0 Å². The number of methoxy groups -OCH3 is 2. The molecule has 0 aliphatic rings. The molecule has 0 aliphatic carbocycles. The van der Waals surface area contributed by atoms with Crippen LogP contribution in [0.25, 0.3) is 6.08 Å². The van der Waals surface area contributed by atoms with Gasteiger partial charge in [0.2, 0.25) is 0 Å². The number of allylic oxidation sites excluding steroid dienone is 1. The topological polar surface area (TPSA) is 61.8 Å². The monoisotopic (exact) mass is 388 g/mol. The van der Waals surface area contributed by atoms with Crippen molar-refractivity contribution in [2.24, 2.45) is 0 Å². The fourth-order valence-corrected chi connectivity index (χ4v) is 2.61. The lowest BCUT2D eigenvalue weighted by Gasteiger charge is -2.08. The summed E-state index contributed by atoms with van der Waals surface area (Å²) in [5.41, 5.74) is 1.56. The van der Waals surface area contributed by atoms with Gasteiger partial charge in [0.25, 0.3) is 0 Å². The zero-order valence-corrected chi connectivity index (χ0v) is 16.1. The number of carbonyl (C=O) groups excluding carboxylic acids is 2. The summed E-state index contributed by atoms with van der Waals surface area (Å²) in [5.74, 6) is 1.05. The highest BCUT2D eigenvalue weighted by Crippen LogP contribution is 2.22. The number of hydrogen-bond acceptors (Lipinski definition) is 5. The van der Waals surface area contributed by atoms with Gasteiger partial charge in [-0.1, -0.05) is 18.2 Å². The Hall–Kier alpha value is -3.86. The number of para-hydroxylation sites is 1. The first-order chi connectivity index (χ1) is 14.1. The van der Waals surface area contributed by atoms with E-state index in [0.717, 1.165) is 0 Å². The lowest BCUT2D eigenvalue weighted by molar-refractivity contribution is 0.0734. The molecule has 0 amide bonds. The molecule has 146 valence electrons. The van der Waals surface area contributed by atoms with Gasteiger partial charge >= 0.3 is 5.97 Å². The van der Waals surface area contributed by atoms with Crippen LogP contribution < -0.4 is 14.2 Å². The Bertz CT molecular complexity index is 1020. The predicted molar refractivity (Wildman–Crippen MR) is 111 cm³/mol. The van der Waals surface area contributed by atoms with Gasteiger partial charge in [-0.3, -0.25) is 4.79 Å². The molecule has 3 aromatic carbocycles. The molecule has 0 unspecified atom stereocenters. The number of carbonyl (C=O) groups is 2. The highest BCUT2D eigenvalue weighted by Gasteiger charge is 2.11. The molecule has 0 fully saturated rings. The molecule has 5 heteroatoms. The normalized spacial score (nSPS) is 10.6. The molecule has 0 saturated carbocycles. The van der Waals surface area contributed by atoms with Crippen LogP contribution in [0.5, 0.6) is 17.2 Å². The Morgan fingerprint density at radius 1 is 0.724 bits per heavy atom. The van der Waals surface area contributed by atoms with Crippen molar-refractivity contribution in [3.63, 3.8) is 0 Å². The third-order valence-electron chi connectivity index (χ3n) is 4.24. The van der Waals surface area contributed by atoms with Crippen molar-refractivity contribution in [3.05, 3.63) is 95.6 Å². The summed E-state index contributed by atoms with van der Waals surface area (Å²) < 4.78 is 15.7. The summed E-state index contributed by atoms with van der Waals surface area (Å²) in [4.78, 5) is 24.8. The molecule has 0 heterocycles. The maximum Gasteiger partial charge on any atom is 0.343 e. The Balaban J connectivity index is 1.74. The average Bonchev–Trinajstić information content (AvgIpc) is 2.78. The zero-order chi connectivity index (χ0) is 20.6. The van der Waals surface area contributed by atoms with Gasteiger partial charge in [-0.25, -0.2) is 4.79 Å². The first-order valence-electron chi connectivity index (χ1n) is 8.92. The summed E-state index contributed by atoms with van der Waals surface area (Å²) >= 11 is 0. The molecule has 0 aromatic heterocycles. The molecule has 0 saturated heterocycles. The van der Waals surface area contributed by atoms with Crippen molar-refractivity contribution in [3.8, 4) is 17.2 Å². The first kappa shape index (κ1) is 19.9. The number of benzene rings is 3. The molecule has 0 aliphatic heterocycles. The van der Waals surface area contributed by atoms with E-state index in [-0.39, 0.29) is 5.78 Å². The van der Waals surface area contributed by atoms with Crippen LogP contribution in [0.4, 0.5) is 0 Å². The minimum absolute atomic E-state index is 0.163. The fraction of sp³-hybridized carbons (Fsp3) is 0.0833. The van der Waals surface area contributed by atoms with Crippen molar-refractivity contribution < 1.29 is 23.8 Å². The van der Waals surface area contributed by atoms with E-state index in [1.807, 2.05) is 6.07 Å². The van der Waals surface area contributed by atoms with Crippen LogP contribution in [0.2, 0.25) is 0 Å². The van der Waals surface area contributed by atoms with Crippen molar-refractivity contribution in [2.75, 3.05) is 14.2 Å². The second kappa shape index (κ2) is 9.37. The minimum Gasteiger partial charge on any atom is -0.497 e. The highest BCUT2D eigenvalue weighted by molar-refractivity contribution is 6.07. The van der Waals surface area contributed by atoms with Crippen LogP contribution in [-0.2, 0) is 0 Å². The van der Waals surface area contributed by atoms with E-state index in [1.165, 1.54) is 6.08 Å². The first-order valence-corrected chi connectivity index (χ1v) is 8.92. The maximum absolute atomic E-state index is 12.4. The van der Waals surface area contributed by atoms with Crippen LogP contribution >= 0.6 is 0 Å². The standard InChI is InChI=1S/C24H20O5/c1-27-20-12-7-17(8-13-20)22(25)16-11-18-5-3-4-6-23(18)29-24(26)19-9-14-21(28-2)15-10-19/h3-16H,1-2H3/b16-11+. The molecular weight excluding hydrogens is 368 g/mol. The Kier molecular flexibility index (Phi) is 6.43. The van der Waals surface area contributed by atoms with E-state index in [4.69, 9.17) is 14.2 Å². The molecule has 3 rings (SSSR count). The predicted octanol–water partition coefficient (Wildman–Crippen LogP) is 4.82. The van der Waals surface area contributed by atoms with E-state index >= 15 is 0 Å². The number of ketones is 1. The van der Waals surface area contributed by atoms with Crippen molar-refractivity contribution in [1.82, 2.24) is 0 Å². The molecule has 0 N–H and O–H groups in total. The van der Waals surface area contributed by atoms with Gasteiger partial charge in [-0.15, -0.1) is 0 Å². The van der Waals surface area contributed by atoms with Gasteiger partial charge in [-0.2, -0.15) is 0 Å². The molecule has 0 radical (unpaired) electrons. The van der Waals surface area contributed by atoms with Crippen LogP contribution in [0.15, 0.2) is 78.9 Å². The quantitative estimate of drug-likeness (QED) is 0.251. The second-order valence-electron chi connectivity index (χ2n) is 6.08. The van der Waals surface area contributed by atoms with Crippen molar-refractivity contribution in [1.29, 1.82) is 0 Å². The summed E-state index contributed by atoms with van der Waals surface area (Å²) in [5, 5.41) is 0. The highest BCUT2D eigenvalue weighted by atomic mass is 16.5. The van der Waals surface area contributed by atoms with Crippen molar-refractivity contribution in [2.45, 2.75) is 0 Å². The summed E-state index contributed by atoms with van der Waals surface area (Å²) in [6, 6.07) is 20.5. The third kappa shape index (κ3) is 5.11. The number of rotatable bonds is 7. The minimum atomic E-state index is -0.491. The van der Waals surface area contributed by atoms with Gasteiger partial charge in [0.15, 0.2) is 5.78 Å².